The predicted molar refractivity (Wildman–Crippen MR) is 94.6 cm³/mol. The molecule has 0 unspecified atom stereocenters. The number of hydrogen-bond donors (Lipinski definition) is 3. The molecular formula is C16H16ClN3O4S. The lowest BCUT2D eigenvalue weighted by molar-refractivity contribution is -0.121. The van der Waals surface area contributed by atoms with Crippen LogP contribution in [0.25, 0.3) is 0 Å². The van der Waals surface area contributed by atoms with Crippen molar-refractivity contribution in [2.75, 3.05) is 4.72 Å². The highest BCUT2D eigenvalue weighted by molar-refractivity contribution is 7.92. The molecule has 2 aromatic carbocycles. The van der Waals surface area contributed by atoms with Gasteiger partial charge in [0.05, 0.1) is 4.90 Å². The van der Waals surface area contributed by atoms with Crippen LogP contribution in [0.1, 0.15) is 23.7 Å². The van der Waals surface area contributed by atoms with Gasteiger partial charge in [-0.15, -0.1) is 0 Å². The van der Waals surface area contributed by atoms with Gasteiger partial charge in [0.25, 0.3) is 15.9 Å². The largest absolute Gasteiger partial charge is 0.280 e. The zero-order valence-corrected chi connectivity index (χ0v) is 14.8. The molecule has 0 saturated heterocycles. The number of anilines is 1. The van der Waals surface area contributed by atoms with Crippen LogP contribution in [0.15, 0.2) is 53.4 Å². The highest BCUT2D eigenvalue weighted by Gasteiger charge is 2.16. The first-order valence-corrected chi connectivity index (χ1v) is 9.15. The first-order chi connectivity index (χ1) is 11.8. The summed E-state index contributed by atoms with van der Waals surface area (Å²) in [5.74, 6) is -0.980. The number of nitrogens with one attached hydrogen (secondary N) is 3. The Morgan fingerprint density at radius 1 is 1.04 bits per heavy atom. The van der Waals surface area contributed by atoms with E-state index in [1.54, 1.807) is 19.1 Å². The maximum atomic E-state index is 12.4. The van der Waals surface area contributed by atoms with E-state index in [1.807, 2.05) is 0 Å². The van der Waals surface area contributed by atoms with Gasteiger partial charge in [0, 0.05) is 22.7 Å². The normalized spacial score (nSPS) is 10.8. The molecule has 0 aliphatic rings. The summed E-state index contributed by atoms with van der Waals surface area (Å²) in [4.78, 5) is 23.1. The van der Waals surface area contributed by atoms with Gasteiger partial charge in [-0.1, -0.05) is 24.6 Å². The standard InChI is InChI=1S/C16H16ClN3O4S/c1-2-15(21)18-19-16(22)11-4-3-5-14(10-11)25(23,24)20-13-8-6-12(17)7-9-13/h3-10,20H,2H2,1H3,(H,18,21)(H,19,22). The third-order valence-electron chi connectivity index (χ3n) is 3.14. The SMILES string of the molecule is CCC(=O)NNC(=O)c1cccc(S(=O)(=O)Nc2ccc(Cl)cc2)c1. The molecule has 0 radical (unpaired) electrons. The van der Waals surface area contributed by atoms with Crippen molar-refractivity contribution in [2.24, 2.45) is 0 Å². The van der Waals surface area contributed by atoms with E-state index in [0.717, 1.165) is 0 Å². The van der Waals surface area contributed by atoms with Crippen LogP contribution in [0.5, 0.6) is 0 Å². The Kier molecular flexibility index (Phi) is 6.00. The molecule has 0 fully saturated rings. The summed E-state index contributed by atoms with van der Waals surface area (Å²) in [6.45, 7) is 1.64. The lowest BCUT2D eigenvalue weighted by Gasteiger charge is -2.10. The second-order valence-corrected chi connectivity index (χ2v) is 7.11. The van der Waals surface area contributed by atoms with Crippen LogP contribution in [0.4, 0.5) is 5.69 Å². The number of rotatable bonds is 5. The molecule has 3 N–H and O–H groups in total. The fraction of sp³-hybridized carbons (Fsp3) is 0.125. The summed E-state index contributed by atoms with van der Waals surface area (Å²) in [6.07, 6.45) is 0.208. The average molecular weight is 382 g/mol. The Morgan fingerprint density at radius 2 is 1.72 bits per heavy atom. The summed E-state index contributed by atoms with van der Waals surface area (Å²) in [7, 11) is -3.88. The minimum Gasteiger partial charge on any atom is -0.280 e. The molecule has 7 nitrogen and oxygen atoms in total. The van der Waals surface area contributed by atoms with E-state index in [0.29, 0.717) is 10.7 Å². The van der Waals surface area contributed by atoms with Crippen molar-refractivity contribution >= 4 is 39.1 Å². The average Bonchev–Trinajstić information content (AvgIpc) is 2.61. The highest BCUT2D eigenvalue weighted by Crippen LogP contribution is 2.19. The van der Waals surface area contributed by atoms with Crippen LogP contribution >= 0.6 is 11.6 Å². The van der Waals surface area contributed by atoms with E-state index >= 15 is 0 Å². The molecule has 0 saturated carbocycles. The summed E-state index contributed by atoms with van der Waals surface area (Å²) >= 11 is 5.77. The van der Waals surface area contributed by atoms with Crippen LogP contribution < -0.4 is 15.6 Å². The Morgan fingerprint density at radius 3 is 2.36 bits per heavy atom. The fourth-order valence-corrected chi connectivity index (χ4v) is 3.05. The number of hydrogen-bond acceptors (Lipinski definition) is 4. The summed E-state index contributed by atoms with van der Waals surface area (Å²) in [6, 6.07) is 11.6. The maximum absolute atomic E-state index is 12.4. The van der Waals surface area contributed by atoms with Crippen LogP contribution in [0, 0.1) is 0 Å². The molecule has 0 atom stereocenters. The molecule has 0 spiro atoms. The number of hydrazine groups is 1. The van der Waals surface area contributed by atoms with Crippen molar-refractivity contribution in [2.45, 2.75) is 18.2 Å². The van der Waals surface area contributed by atoms with Gasteiger partial charge in [-0.2, -0.15) is 0 Å². The Bertz CT molecular complexity index is 883. The van der Waals surface area contributed by atoms with E-state index < -0.39 is 15.9 Å². The second kappa shape index (κ2) is 8.00. The monoisotopic (exact) mass is 381 g/mol. The Balaban J connectivity index is 2.17. The molecule has 2 aromatic rings. The van der Waals surface area contributed by atoms with E-state index in [-0.39, 0.29) is 22.8 Å². The van der Waals surface area contributed by atoms with Gasteiger partial charge in [-0.05, 0) is 42.5 Å². The smallest absolute Gasteiger partial charge is 0.269 e. The molecular weight excluding hydrogens is 366 g/mol. The summed E-state index contributed by atoms with van der Waals surface area (Å²) in [5, 5.41) is 0.482. The minimum absolute atomic E-state index is 0.0862. The highest BCUT2D eigenvalue weighted by atomic mass is 35.5. The minimum atomic E-state index is -3.88. The number of benzene rings is 2. The van der Waals surface area contributed by atoms with E-state index in [4.69, 9.17) is 11.6 Å². The van der Waals surface area contributed by atoms with Gasteiger partial charge in [-0.25, -0.2) is 8.42 Å². The number of carbonyl (C=O) groups is 2. The lowest BCUT2D eigenvalue weighted by atomic mass is 10.2. The van der Waals surface area contributed by atoms with Gasteiger partial charge in [0.15, 0.2) is 0 Å². The van der Waals surface area contributed by atoms with Crippen molar-refractivity contribution in [3.8, 4) is 0 Å². The van der Waals surface area contributed by atoms with Crippen molar-refractivity contribution in [3.63, 3.8) is 0 Å². The second-order valence-electron chi connectivity index (χ2n) is 5.00. The molecule has 0 heterocycles. The maximum Gasteiger partial charge on any atom is 0.269 e. The molecule has 0 bridgehead atoms. The quantitative estimate of drug-likeness (QED) is 0.691. The number of carbonyl (C=O) groups excluding carboxylic acids is 2. The molecule has 132 valence electrons. The van der Waals surface area contributed by atoms with Gasteiger partial charge >= 0.3 is 0 Å². The van der Waals surface area contributed by atoms with Crippen LogP contribution in [0.3, 0.4) is 0 Å². The lowest BCUT2D eigenvalue weighted by Crippen LogP contribution is -2.41. The van der Waals surface area contributed by atoms with Crippen molar-refractivity contribution in [1.29, 1.82) is 0 Å². The van der Waals surface area contributed by atoms with E-state index in [9.17, 15) is 18.0 Å². The fourth-order valence-electron chi connectivity index (χ4n) is 1.82. The molecule has 25 heavy (non-hydrogen) atoms. The van der Waals surface area contributed by atoms with Gasteiger partial charge < -0.3 is 0 Å². The van der Waals surface area contributed by atoms with Crippen LogP contribution in [-0.4, -0.2) is 20.2 Å². The molecule has 9 heteroatoms. The number of sulfonamides is 1. The first-order valence-electron chi connectivity index (χ1n) is 7.29. The Hall–Kier alpha value is -2.58. The van der Waals surface area contributed by atoms with Crippen molar-refractivity contribution < 1.29 is 18.0 Å². The van der Waals surface area contributed by atoms with Gasteiger partial charge in [-0.3, -0.25) is 25.2 Å². The molecule has 2 amide bonds. The van der Waals surface area contributed by atoms with Crippen LogP contribution in [0.2, 0.25) is 5.02 Å². The molecule has 0 aliphatic heterocycles. The van der Waals surface area contributed by atoms with Crippen LogP contribution in [-0.2, 0) is 14.8 Å². The van der Waals surface area contributed by atoms with Crippen molar-refractivity contribution in [3.05, 3.63) is 59.1 Å². The zero-order valence-electron chi connectivity index (χ0n) is 13.2. The summed E-state index contributed by atoms with van der Waals surface area (Å²) < 4.78 is 27.3. The number of amides is 2. The third kappa shape index (κ3) is 5.20. The molecule has 2 rings (SSSR count). The van der Waals surface area contributed by atoms with Gasteiger partial charge in [0.2, 0.25) is 5.91 Å². The van der Waals surface area contributed by atoms with E-state index in [1.165, 1.54) is 36.4 Å². The zero-order chi connectivity index (χ0) is 18.4. The first kappa shape index (κ1) is 18.8. The Labute approximate surface area is 150 Å². The van der Waals surface area contributed by atoms with Gasteiger partial charge in [0.1, 0.15) is 0 Å². The summed E-state index contributed by atoms with van der Waals surface area (Å²) in [5.41, 5.74) is 4.87. The molecule has 0 aliphatic carbocycles. The topological polar surface area (TPSA) is 104 Å². The van der Waals surface area contributed by atoms with Crippen molar-refractivity contribution in [1.82, 2.24) is 10.9 Å². The number of halogens is 1. The molecule has 0 aromatic heterocycles. The van der Waals surface area contributed by atoms with E-state index in [2.05, 4.69) is 15.6 Å². The third-order valence-corrected chi connectivity index (χ3v) is 4.77. The predicted octanol–water partition coefficient (Wildman–Crippen LogP) is 2.31.